The average molecular weight is 361 g/mol. The molecule has 1 aromatic heterocycles. The Bertz CT molecular complexity index is 1160. The molecule has 4 rings (SSSR count). The first-order chi connectivity index (χ1) is 13.1. The van der Waals surface area contributed by atoms with E-state index in [4.69, 9.17) is 4.74 Å². The quantitative estimate of drug-likeness (QED) is 0.452. The molecule has 0 N–H and O–H groups in total. The van der Waals surface area contributed by atoms with E-state index in [0.29, 0.717) is 18.8 Å². The highest BCUT2D eigenvalue weighted by Gasteiger charge is 2.17. The molecule has 0 aliphatic carbocycles. The Morgan fingerprint density at radius 1 is 1.04 bits per heavy atom. The second-order valence-electron chi connectivity index (χ2n) is 6.68. The lowest BCUT2D eigenvalue weighted by atomic mass is 10.0. The van der Waals surface area contributed by atoms with Gasteiger partial charge in [0, 0.05) is 17.4 Å². The third kappa shape index (κ3) is 3.19. The van der Waals surface area contributed by atoms with E-state index in [0.717, 1.165) is 32.8 Å². The maximum Gasteiger partial charge on any atom is 0.354 e. The van der Waals surface area contributed by atoms with Crippen LogP contribution in [0.2, 0.25) is 0 Å². The van der Waals surface area contributed by atoms with Gasteiger partial charge in [-0.2, -0.15) is 0 Å². The van der Waals surface area contributed by atoms with Crippen LogP contribution in [0.5, 0.6) is 0 Å². The van der Waals surface area contributed by atoms with E-state index in [-0.39, 0.29) is 11.8 Å². The van der Waals surface area contributed by atoms with E-state index < -0.39 is 0 Å². The summed E-state index contributed by atoms with van der Waals surface area (Å²) in [6.45, 7) is 4.59. The van der Waals surface area contributed by atoms with E-state index >= 15 is 0 Å². The summed E-state index contributed by atoms with van der Waals surface area (Å²) in [4.78, 5) is 12.5. The van der Waals surface area contributed by atoms with Crippen molar-refractivity contribution in [2.24, 2.45) is 0 Å². The number of hydrogen-bond donors (Lipinski definition) is 0. The number of halogens is 1. The van der Waals surface area contributed by atoms with Crippen LogP contribution in [0.4, 0.5) is 4.39 Å². The van der Waals surface area contributed by atoms with Gasteiger partial charge in [-0.3, -0.25) is 0 Å². The van der Waals surface area contributed by atoms with E-state index in [9.17, 15) is 9.18 Å². The predicted molar refractivity (Wildman–Crippen MR) is 106 cm³/mol. The maximum absolute atomic E-state index is 13.8. The molecule has 0 atom stereocenters. The zero-order valence-electron chi connectivity index (χ0n) is 15.3. The molecule has 3 nitrogen and oxygen atoms in total. The van der Waals surface area contributed by atoms with Gasteiger partial charge in [-0.1, -0.05) is 35.9 Å². The molecular weight excluding hydrogens is 341 g/mol. The van der Waals surface area contributed by atoms with Crippen LogP contribution in [0.1, 0.15) is 28.5 Å². The van der Waals surface area contributed by atoms with E-state index in [2.05, 4.69) is 6.07 Å². The van der Waals surface area contributed by atoms with Crippen LogP contribution >= 0.6 is 0 Å². The van der Waals surface area contributed by atoms with Gasteiger partial charge in [0.25, 0.3) is 0 Å². The van der Waals surface area contributed by atoms with Crippen LogP contribution in [-0.2, 0) is 11.3 Å². The molecule has 0 amide bonds. The van der Waals surface area contributed by atoms with Crippen LogP contribution in [0.25, 0.3) is 21.7 Å². The number of ether oxygens (including phenoxy) is 1. The van der Waals surface area contributed by atoms with Crippen LogP contribution in [-0.4, -0.2) is 17.1 Å². The lowest BCUT2D eigenvalue weighted by Crippen LogP contribution is -2.13. The van der Waals surface area contributed by atoms with Crippen LogP contribution in [0.15, 0.2) is 60.7 Å². The van der Waals surface area contributed by atoms with Gasteiger partial charge in [-0.05, 0) is 60.5 Å². The normalized spacial score (nSPS) is 11.2. The summed E-state index contributed by atoms with van der Waals surface area (Å²) >= 11 is 0. The molecule has 3 aromatic carbocycles. The second kappa shape index (κ2) is 6.88. The number of fused-ring (bicyclic) bond motifs is 2. The number of hydrogen-bond acceptors (Lipinski definition) is 2. The molecular formula is C23H20FNO2. The Labute approximate surface area is 157 Å². The number of rotatable bonds is 4. The van der Waals surface area contributed by atoms with Crippen molar-refractivity contribution in [2.45, 2.75) is 20.4 Å². The molecule has 0 fully saturated rings. The smallest absolute Gasteiger partial charge is 0.354 e. The van der Waals surface area contributed by atoms with Crippen molar-refractivity contribution in [3.63, 3.8) is 0 Å². The third-order valence-electron chi connectivity index (χ3n) is 4.80. The number of nitrogens with zero attached hydrogens (tertiary/aromatic N) is 1. The summed E-state index contributed by atoms with van der Waals surface area (Å²) in [5.74, 6) is -0.619. The highest BCUT2D eigenvalue weighted by molar-refractivity contribution is 5.96. The van der Waals surface area contributed by atoms with Crippen molar-refractivity contribution >= 4 is 27.6 Å². The van der Waals surface area contributed by atoms with Gasteiger partial charge in [-0.25, -0.2) is 9.18 Å². The van der Waals surface area contributed by atoms with Crippen LogP contribution < -0.4 is 0 Å². The standard InChI is InChI=1S/C23H20FNO2/c1-3-27-23(26)22-12-18-11-15(2)7-10-21(18)25(22)14-17-6-4-5-16-8-9-19(24)13-20(16)17/h4-13H,3,14H2,1-2H3. The van der Waals surface area contributed by atoms with Crippen molar-refractivity contribution in [1.29, 1.82) is 0 Å². The zero-order chi connectivity index (χ0) is 19.0. The van der Waals surface area contributed by atoms with E-state index in [1.54, 1.807) is 19.1 Å². The molecule has 0 radical (unpaired) electrons. The first-order valence-electron chi connectivity index (χ1n) is 9.01. The molecule has 0 unspecified atom stereocenters. The highest BCUT2D eigenvalue weighted by Crippen LogP contribution is 2.26. The fourth-order valence-corrected chi connectivity index (χ4v) is 3.55. The predicted octanol–water partition coefficient (Wildman–Crippen LogP) is 5.47. The third-order valence-corrected chi connectivity index (χ3v) is 4.80. The van der Waals surface area contributed by atoms with E-state index in [1.807, 2.05) is 47.9 Å². The highest BCUT2D eigenvalue weighted by atomic mass is 19.1. The average Bonchev–Trinajstić information content (AvgIpc) is 3.00. The van der Waals surface area contributed by atoms with Gasteiger partial charge in [0.1, 0.15) is 11.5 Å². The topological polar surface area (TPSA) is 31.2 Å². The number of benzene rings is 3. The van der Waals surface area contributed by atoms with Crippen LogP contribution in [0.3, 0.4) is 0 Å². The number of carbonyl (C=O) groups excluding carboxylic acids is 1. The van der Waals surface area contributed by atoms with Crippen molar-refractivity contribution in [3.8, 4) is 0 Å². The lowest BCUT2D eigenvalue weighted by Gasteiger charge is -2.13. The van der Waals surface area contributed by atoms with Crippen LogP contribution in [0, 0.1) is 12.7 Å². The molecule has 0 bridgehead atoms. The Morgan fingerprint density at radius 3 is 2.70 bits per heavy atom. The summed E-state index contributed by atoms with van der Waals surface area (Å²) in [6.07, 6.45) is 0. The fraction of sp³-hybridized carbons (Fsp3) is 0.174. The molecule has 0 aliphatic rings. The summed E-state index contributed by atoms with van der Waals surface area (Å²) < 4.78 is 21.0. The molecule has 0 spiro atoms. The van der Waals surface area contributed by atoms with Gasteiger partial charge in [0.05, 0.1) is 6.61 Å². The fourth-order valence-electron chi connectivity index (χ4n) is 3.55. The summed E-state index contributed by atoms with van der Waals surface area (Å²) in [7, 11) is 0. The van der Waals surface area contributed by atoms with Crippen molar-refractivity contribution in [1.82, 2.24) is 4.57 Å². The maximum atomic E-state index is 13.8. The molecule has 4 aromatic rings. The molecule has 0 saturated carbocycles. The molecule has 4 heteroatoms. The minimum absolute atomic E-state index is 0.270. The Balaban J connectivity index is 1.90. The van der Waals surface area contributed by atoms with Gasteiger partial charge < -0.3 is 9.30 Å². The largest absolute Gasteiger partial charge is 0.461 e. The molecule has 1 heterocycles. The van der Waals surface area contributed by atoms with Gasteiger partial charge in [-0.15, -0.1) is 0 Å². The first-order valence-corrected chi connectivity index (χ1v) is 9.01. The molecule has 0 aliphatic heterocycles. The number of esters is 1. The summed E-state index contributed by atoms with van der Waals surface area (Å²) in [5, 5.41) is 2.81. The summed E-state index contributed by atoms with van der Waals surface area (Å²) in [5.41, 5.74) is 3.54. The Kier molecular flexibility index (Phi) is 4.40. The molecule has 136 valence electrons. The molecule has 0 saturated heterocycles. The van der Waals surface area contributed by atoms with Crippen molar-refractivity contribution < 1.29 is 13.9 Å². The minimum Gasteiger partial charge on any atom is -0.461 e. The van der Waals surface area contributed by atoms with Gasteiger partial charge >= 0.3 is 5.97 Å². The van der Waals surface area contributed by atoms with Crippen molar-refractivity contribution in [2.75, 3.05) is 6.61 Å². The number of aromatic nitrogens is 1. The van der Waals surface area contributed by atoms with E-state index in [1.165, 1.54) is 6.07 Å². The summed E-state index contributed by atoms with van der Waals surface area (Å²) in [6, 6.07) is 18.6. The van der Waals surface area contributed by atoms with Gasteiger partial charge in [0.15, 0.2) is 0 Å². The monoisotopic (exact) mass is 361 g/mol. The zero-order valence-corrected chi connectivity index (χ0v) is 15.3. The first kappa shape index (κ1) is 17.3. The second-order valence-corrected chi connectivity index (χ2v) is 6.68. The molecule has 27 heavy (non-hydrogen) atoms. The Hall–Kier alpha value is -3.14. The lowest BCUT2D eigenvalue weighted by molar-refractivity contribution is 0.0515. The Morgan fingerprint density at radius 2 is 1.89 bits per heavy atom. The SMILES string of the molecule is CCOC(=O)c1cc2cc(C)ccc2n1Cc1cccc2ccc(F)cc12. The number of aryl methyl sites for hydroxylation is 1. The van der Waals surface area contributed by atoms with Gasteiger partial charge in [0.2, 0.25) is 0 Å². The van der Waals surface area contributed by atoms with Crippen molar-refractivity contribution in [3.05, 3.63) is 83.3 Å². The minimum atomic E-state index is -0.349. The number of carbonyl (C=O) groups is 1.